The predicted octanol–water partition coefficient (Wildman–Crippen LogP) is 5.14. The summed E-state index contributed by atoms with van der Waals surface area (Å²) in [5, 5.41) is 0.537. The SMILES string of the molecule is CCN(Cc1ccccc1)C1=C(c2ccccc2)C(=O)N(Cc2ccccc2Cl)C1=O. The third-order valence-electron chi connectivity index (χ3n) is 5.41. The zero-order valence-electron chi connectivity index (χ0n) is 17.3. The highest BCUT2D eigenvalue weighted by Gasteiger charge is 2.41. The van der Waals surface area contributed by atoms with Gasteiger partial charge in [-0.3, -0.25) is 14.5 Å². The van der Waals surface area contributed by atoms with E-state index in [1.807, 2.05) is 90.7 Å². The van der Waals surface area contributed by atoms with Crippen molar-refractivity contribution < 1.29 is 9.59 Å². The Morgan fingerprint density at radius 1 is 0.806 bits per heavy atom. The van der Waals surface area contributed by atoms with Gasteiger partial charge in [0.25, 0.3) is 11.8 Å². The molecule has 5 heteroatoms. The van der Waals surface area contributed by atoms with Gasteiger partial charge in [0.1, 0.15) is 5.70 Å². The first-order chi connectivity index (χ1) is 15.1. The smallest absolute Gasteiger partial charge is 0.278 e. The number of likely N-dealkylation sites (N-methyl/N-ethyl adjacent to an activating group) is 1. The fraction of sp³-hybridized carbons (Fsp3) is 0.154. The molecule has 1 aliphatic rings. The van der Waals surface area contributed by atoms with Crippen LogP contribution < -0.4 is 0 Å². The molecule has 0 radical (unpaired) electrons. The van der Waals surface area contributed by atoms with Gasteiger partial charge in [-0.15, -0.1) is 0 Å². The van der Waals surface area contributed by atoms with Gasteiger partial charge in [-0.2, -0.15) is 0 Å². The van der Waals surface area contributed by atoms with Crippen molar-refractivity contribution in [3.8, 4) is 0 Å². The maximum Gasteiger partial charge on any atom is 0.278 e. The van der Waals surface area contributed by atoms with Crippen molar-refractivity contribution in [1.82, 2.24) is 9.80 Å². The van der Waals surface area contributed by atoms with Crippen LogP contribution in [0.25, 0.3) is 5.57 Å². The summed E-state index contributed by atoms with van der Waals surface area (Å²) in [7, 11) is 0. The molecule has 0 saturated carbocycles. The van der Waals surface area contributed by atoms with Crippen LogP contribution in [0.4, 0.5) is 0 Å². The highest BCUT2D eigenvalue weighted by atomic mass is 35.5. The number of hydrogen-bond acceptors (Lipinski definition) is 3. The van der Waals surface area contributed by atoms with Crippen LogP contribution in [0, 0.1) is 0 Å². The summed E-state index contributed by atoms with van der Waals surface area (Å²) in [5.41, 5.74) is 3.44. The van der Waals surface area contributed by atoms with E-state index >= 15 is 0 Å². The van der Waals surface area contributed by atoms with E-state index in [2.05, 4.69) is 0 Å². The van der Waals surface area contributed by atoms with E-state index in [1.165, 1.54) is 4.90 Å². The number of halogens is 1. The summed E-state index contributed by atoms with van der Waals surface area (Å²) in [6, 6.07) is 26.6. The molecule has 3 aromatic carbocycles. The number of nitrogens with zero attached hydrogens (tertiary/aromatic N) is 2. The standard InChI is InChI=1S/C26H23ClN2O2/c1-2-28(17-19-11-5-3-6-12-19)24-23(20-13-7-4-8-14-20)25(30)29(26(24)31)18-21-15-9-10-16-22(21)27/h3-16H,2,17-18H2,1H3. The number of hydrogen-bond donors (Lipinski definition) is 0. The van der Waals surface area contributed by atoms with Crippen molar-refractivity contribution in [1.29, 1.82) is 0 Å². The quantitative estimate of drug-likeness (QED) is 0.487. The summed E-state index contributed by atoms with van der Waals surface area (Å²) in [5.74, 6) is -0.584. The van der Waals surface area contributed by atoms with Gasteiger partial charge in [-0.05, 0) is 29.7 Å². The molecule has 4 rings (SSSR count). The second kappa shape index (κ2) is 9.19. The molecule has 0 aromatic heterocycles. The minimum atomic E-state index is -0.294. The zero-order chi connectivity index (χ0) is 21.8. The number of benzene rings is 3. The number of rotatable bonds is 7. The molecular formula is C26H23ClN2O2. The van der Waals surface area contributed by atoms with Crippen LogP contribution >= 0.6 is 11.6 Å². The van der Waals surface area contributed by atoms with Crippen LogP contribution in [0.1, 0.15) is 23.6 Å². The second-order valence-corrected chi connectivity index (χ2v) is 7.78. The Bertz CT molecular complexity index is 1130. The van der Waals surface area contributed by atoms with Crippen molar-refractivity contribution in [3.05, 3.63) is 112 Å². The molecule has 1 aliphatic heterocycles. The summed E-state index contributed by atoms with van der Waals surface area (Å²) in [4.78, 5) is 30.3. The highest BCUT2D eigenvalue weighted by Crippen LogP contribution is 2.34. The molecule has 0 saturated heterocycles. The molecule has 0 atom stereocenters. The number of carbonyl (C=O) groups excluding carboxylic acids is 2. The molecule has 2 amide bonds. The van der Waals surface area contributed by atoms with E-state index in [4.69, 9.17) is 11.6 Å². The molecule has 4 nitrogen and oxygen atoms in total. The average Bonchev–Trinajstić information content (AvgIpc) is 3.05. The number of carbonyl (C=O) groups is 2. The summed E-state index contributed by atoms with van der Waals surface area (Å²) in [6.45, 7) is 3.27. The topological polar surface area (TPSA) is 40.6 Å². The van der Waals surface area contributed by atoms with Gasteiger partial charge in [0.2, 0.25) is 0 Å². The Kier molecular flexibility index (Phi) is 6.19. The first-order valence-electron chi connectivity index (χ1n) is 10.3. The van der Waals surface area contributed by atoms with Gasteiger partial charge < -0.3 is 4.90 Å². The Balaban J connectivity index is 1.75. The third-order valence-corrected chi connectivity index (χ3v) is 5.78. The van der Waals surface area contributed by atoms with Gasteiger partial charge in [-0.25, -0.2) is 0 Å². The van der Waals surface area contributed by atoms with Gasteiger partial charge in [0.05, 0.1) is 12.1 Å². The van der Waals surface area contributed by atoms with Crippen LogP contribution in [0.15, 0.2) is 90.6 Å². The fourth-order valence-corrected chi connectivity index (χ4v) is 4.01. The van der Waals surface area contributed by atoms with Crippen LogP contribution in [-0.2, 0) is 22.7 Å². The zero-order valence-corrected chi connectivity index (χ0v) is 18.0. The van der Waals surface area contributed by atoms with E-state index in [9.17, 15) is 9.59 Å². The maximum absolute atomic E-state index is 13.6. The average molecular weight is 431 g/mol. The molecule has 31 heavy (non-hydrogen) atoms. The van der Waals surface area contributed by atoms with Crippen LogP contribution in [-0.4, -0.2) is 28.2 Å². The molecule has 0 N–H and O–H groups in total. The first-order valence-corrected chi connectivity index (χ1v) is 10.7. The molecule has 3 aromatic rings. The summed E-state index contributed by atoms with van der Waals surface area (Å²) >= 11 is 6.31. The maximum atomic E-state index is 13.6. The van der Waals surface area contributed by atoms with E-state index in [1.54, 1.807) is 6.07 Å². The van der Waals surface area contributed by atoms with Crippen molar-refractivity contribution in [2.24, 2.45) is 0 Å². The lowest BCUT2D eigenvalue weighted by Gasteiger charge is -2.25. The Labute approximate surface area is 187 Å². The highest BCUT2D eigenvalue weighted by molar-refractivity contribution is 6.35. The monoisotopic (exact) mass is 430 g/mol. The lowest BCUT2D eigenvalue weighted by atomic mass is 10.0. The third kappa shape index (κ3) is 4.25. The molecule has 0 unspecified atom stereocenters. The van der Waals surface area contributed by atoms with Crippen LogP contribution in [0.3, 0.4) is 0 Å². The number of amides is 2. The van der Waals surface area contributed by atoms with E-state index in [0.29, 0.717) is 29.4 Å². The molecule has 1 heterocycles. The number of imide groups is 1. The molecule has 0 fully saturated rings. The molecular weight excluding hydrogens is 408 g/mol. The largest absolute Gasteiger partial charge is 0.362 e. The van der Waals surface area contributed by atoms with Gasteiger partial charge in [0.15, 0.2) is 0 Å². The van der Waals surface area contributed by atoms with Gasteiger partial charge in [-0.1, -0.05) is 90.5 Å². The van der Waals surface area contributed by atoms with Crippen LogP contribution in [0.2, 0.25) is 5.02 Å². The Hall–Kier alpha value is -3.37. The Morgan fingerprint density at radius 3 is 2.06 bits per heavy atom. The molecule has 0 bridgehead atoms. The Morgan fingerprint density at radius 2 is 1.42 bits per heavy atom. The van der Waals surface area contributed by atoms with Gasteiger partial charge >= 0.3 is 0 Å². The normalized spacial score (nSPS) is 13.8. The van der Waals surface area contributed by atoms with Crippen molar-refractivity contribution in [2.45, 2.75) is 20.0 Å². The van der Waals surface area contributed by atoms with Crippen LogP contribution in [0.5, 0.6) is 0 Å². The lowest BCUT2D eigenvalue weighted by Crippen LogP contribution is -2.34. The molecule has 156 valence electrons. The van der Waals surface area contributed by atoms with E-state index < -0.39 is 0 Å². The van der Waals surface area contributed by atoms with Crippen molar-refractivity contribution in [2.75, 3.05) is 6.54 Å². The molecule has 0 aliphatic carbocycles. The summed E-state index contributed by atoms with van der Waals surface area (Å²) in [6.07, 6.45) is 0. The fourth-order valence-electron chi connectivity index (χ4n) is 3.81. The summed E-state index contributed by atoms with van der Waals surface area (Å²) < 4.78 is 0. The van der Waals surface area contributed by atoms with E-state index in [-0.39, 0.29) is 18.4 Å². The minimum Gasteiger partial charge on any atom is -0.362 e. The molecule has 0 spiro atoms. The second-order valence-electron chi connectivity index (χ2n) is 7.38. The van der Waals surface area contributed by atoms with E-state index in [0.717, 1.165) is 16.7 Å². The first kappa shape index (κ1) is 20.9. The minimum absolute atomic E-state index is 0.139. The lowest BCUT2D eigenvalue weighted by molar-refractivity contribution is -0.138. The predicted molar refractivity (Wildman–Crippen MR) is 123 cm³/mol. The van der Waals surface area contributed by atoms with Crippen molar-refractivity contribution in [3.63, 3.8) is 0 Å². The van der Waals surface area contributed by atoms with Crippen molar-refractivity contribution >= 4 is 29.0 Å². The van der Waals surface area contributed by atoms with Gasteiger partial charge in [0, 0.05) is 18.1 Å².